The van der Waals surface area contributed by atoms with Crippen molar-refractivity contribution in [1.29, 1.82) is 0 Å². The molecule has 0 aliphatic carbocycles. The first-order valence-electron chi connectivity index (χ1n) is 5.59. The summed E-state index contributed by atoms with van der Waals surface area (Å²) in [5.41, 5.74) is -0.619. The molecule has 2 rings (SSSR count). The van der Waals surface area contributed by atoms with E-state index >= 15 is 0 Å². The van der Waals surface area contributed by atoms with Gasteiger partial charge in [-0.15, -0.1) is 0 Å². The molecule has 1 atom stereocenters. The van der Waals surface area contributed by atoms with Crippen LogP contribution in [-0.2, 0) is 4.79 Å². The van der Waals surface area contributed by atoms with E-state index in [2.05, 4.69) is 17.9 Å². The van der Waals surface area contributed by atoms with Gasteiger partial charge in [0.15, 0.2) is 0 Å². The van der Waals surface area contributed by atoms with Crippen molar-refractivity contribution in [2.24, 2.45) is 0 Å². The van der Waals surface area contributed by atoms with E-state index in [-0.39, 0.29) is 5.91 Å². The minimum atomic E-state index is -1.49. The van der Waals surface area contributed by atoms with Crippen molar-refractivity contribution in [1.82, 2.24) is 4.90 Å². The van der Waals surface area contributed by atoms with Crippen LogP contribution in [0.15, 0.2) is 24.3 Å². The van der Waals surface area contributed by atoms with Gasteiger partial charge in [-0.05, 0) is 0 Å². The molecule has 1 aliphatic heterocycles. The van der Waals surface area contributed by atoms with Gasteiger partial charge < -0.3 is 0 Å². The molecule has 3 nitrogen and oxygen atoms in total. The Morgan fingerprint density at radius 2 is 2.29 bits per heavy atom. The molecule has 0 radical (unpaired) electrons. The van der Waals surface area contributed by atoms with Crippen LogP contribution in [0, 0.1) is 11.8 Å². The molecule has 17 heavy (non-hydrogen) atoms. The predicted molar refractivity (Wildman–Crippen MR) is 65.9 cm³/mol. The van der Waals surface area contributed by atoms with Crippen molar-refractivity contribution in [3.63, 3.8) is 0 Å². The Morgan fingerprint density at radius 3 is 2.88 bits per heavy atom. The number of rotatable bonds is 0. The summed E-state index contributed by atoms with van der Waals surface area (Å²) < 4.78 is 1.30. The quantitative estimate of drug-likeness (QED) is 0.497. The van der Waals surface area contributed by atoms with Gasteiger partial charge >= 0.3 is 137 Å². The average molecular weight is 253 g/mol. The fraction of sp³-hybridized carbons (Fsp3) is 0.308. The van der Waals surface area contributed by atoms with Gasteiger partial charge in [0.1, 0.15) is 0 Å². The van der Waals surface area contributed by atoms with E-state index < -0.39 is 5.60 Å². The summed E-state index contributed by atoms with van der Waals surface area (Å²) in [7, 11) is 1.68. The summed E-state index contributed by atoms with van der Waals surface area (Å²) in [4.78, 5) is 13.2. The van der Waals surface area contributed by atoms with Gasteiger partial charge in [-0.2, -0.15) is 0 Å². The van der Waals surface area contributed by atoms with Crippen LogP contribution in [0.4, 0.5) is 0 Å². The Labute approximate surface area is 135 Å². The molecule has 1 aliphatic rings. The van der Waals surface area contributed by atoms with Gasteiger partial charge in [0.25, 0.3) is 0 Å². The number of likely N-dealkylation sites (N-methyl/N-ethyl adjacent to an activating group) is 1. The molecule has 1 fully saturated rings. The molecule has 0 bridgehead atoms. The molecule has 1 amide bonds. The number of amides is 1. The summed E-state index contributed by atoms with van der Waals surface area (Å²) in [5, 5.41) is 10.1. The molecule has 82 valence electrons. The van der Waals surface area contributed by atoms with Crippen molar-refractivity contribution >= 4 is 54.5 Å². The summed E-state index contributed by atoms with van der Waals surface area (Å²) in [5.74, 6) is 5.32. The SMILES string of the molecule is CN1CCC(O)(C#Cc2ccc[c]([K])c2)C1=O. The maximum atomic E-state index is 11.7. The van der Waals surface area contributed by atoms with Crippen LogP contribution in [-0.4, -0.2) is 84.1 Å². The Morgan fingerprint density at radius 1 is 1.53 bits per heavy atom. The Hall–Kier alpha value is -0.154. The Balaban J connectivity index is 2.25. The number of hydrogen-bond donors (Lipinski definition) is 1. The average Bonchev–Trinajstić information content (AvgIpc) is 2.56. The van der Waals surface area contributed by atoms with Gasteiger partial charge in [-0.3, -0.25) is 0 Å². The second-order valence-corrected chi connectivity index (χ2v) is 6.26. The van der Waals surface area contributed by atoms with Crippen molar-refractivity contribution in [2.75, 3.05) is 13.6 Å². The summed E-state index contributed by atoms with van der Waals surface area (Å²) >= 11 is 0.616. The van der Waals surface area contributed by atoms with Crippen LogP contribution in [0.1, 0.15) is 12.0 Å². The van der Waals surface area contributed by atoms with E-state index in [1.807, 2.05) is 18.2 Å². The van der Waals surface area contributed by atoms with Gasteiger partial charge in [-0.1, -0.05) is 0 Å². The maximum absolute atomic E-state index is 11.7. The van der Waals surface area contributed by atoms with Crippen LogP contribution in [0.25, 0.3) is 0 Å². The van der Waals surface area contributed by atoms with Gasteiger partial charge in [0.05, 0.1) is 0 Å². The fourth-order valence-corrected chi connectivity index (χ4v) is 2.65. The van der Waals surface area contributed by atoms with Crippen LogP contribution < -0.4 is -0.342 Å². The Bertz CT molecular complexity index is 518. The molecule has 1 heterocycles. The standard InChI is InChI=1S/C13H12NO2.K/c1-14-10-9-13(16,12(14)15)8-7-11-5-3-2-4-6-11;/h2-3,5-6,16H,9-10H2,1H3;. The molecule has 1 aromatic carbocycles. The number of likely N-dealkylation sites (tertiary alicyclic amines) is 1. The molecular formula is C13H12KNO2. The number of hydrogen-bond acceptors (Lipinski definition) is 2. The van der Waals surface area contributed by atoms with E-state index in [1.54, 1.807) is 7.05 Å². The molecule has 1 saturated heterocycles. The van der Waals surface area contributed by atoms with Crippen LogP contribution >= 0.6 is 0 Å². The second kappa shape index (κ2) is 5.23. The number of benzene rings is 1. The second-order valence-electron chi connectivity index (χ2n) is 4.46. The van der Waals surface area contributed by atoms with Gasteiger partial charge in [0.2, 0.25) is 0 Å². The number of carbonyl (C=O) groups is 1. The van der Waals surface area contributed by atoms with Crippen LogP contribution in [0.3, 0.4) is 0 Å². The minimum absolute atomic E-state index is 0.296. The van der Waals surface area contributed by atoms with E-state index in [0.717, 1.165) is 5.56 Å². The number of nitrogens with zero attached hydrogens (tertiary/aromatic N) is 1. The molecular weight excluding hydrogens is 241 g/mol. The molecule has 4 heteroatoms. The monoisotopic (exact) mass is 253 g/mol. The third-order valence-corrected chi connectivity index (χ3v) is 3.91. The molecule has 0 aromatic heterocycles. The van der Waals surface area contributed by atoms with E-state index in [1.165, 1.54) is 4.56 Å². The van der Waals surface area contributed by atoms with E-state index in [9.17, 15) is 9.90 Å². The summed E-state index contributed by atoms with van der Waals surface area (Å²) in [6.45, 7) is 0.563. The van der Waals surface area contributed by atoms with Gasteiger partial charge in [-0.25, -0.2) is 0 Å². The zero-order valence-electron chi connectivity index (χ0n) is 10.0. The Kier molecular flexibility index (Phi) is 4.08. The van der Waals surface area contributed by atoms with Crippen LogP contribution in [0.5, 0.6) is 0 Å². The van der Waals surface area contributed by atoms with Crippen molar-refractivity contribution in [3.05, 3.63) is 29.8 Å². The number of carbonyl (C=O) groups excluding carboxylic acids is 1. The predicted octanol–water partition coefficient (Wildman–Crippen LogP) is -0.575. The van der Waals surface area contributed by atoms with Crippen molar-refractivity contribution in [2.45, 2.75) is 12.0 Å². The van der Waals surface area contributed by atoms with Crippen LogP contribution in [0.2, 0.25) is 0 Å². The molecule has 1 N–H and O–H groups in total. The van der Waals surface area contributed by atoms with E-state index in [4.69, 9.17) is 0 Å². The first-order chi connectivity index (χ1) is 8.01. The zero-order chi connectivity index (χ0) is 12.5. The fourth-order valence-electron chi connectivity index (χ4n) is 1.87. The topological polar surface area (TPSA) is 40.5 Å². The van der Waals surface area contributed by atoms with Crippen molar-refractivity contribution < 1.29 is 9.90 Å². The normalized spacial score (nSPS) is 23.5. The zero-order valence-corrected chi connectivity index (χ0v) is 13.1. The van der Waals surface area contributed by atoms with E-state index in [0.29, 0.717) is 61.9 Å². The third-order valence-electron chi connectivity index (χ3n) is 2.94. The molecule has 1 unspecified atom stereocenters. The first kappa shape index (κ1) is 13.3. The third kappa shape index (κ3) is 3.00. The van der Waals surface area contributed by atoms with Gasteiger partial charge in [0, 0.05) is 0 Å². The first-order valence-corrected chi connectivity index (χ1v) is 7.15. The molecule has 0 spiro atoms. The molecule has 1 aromatic rings. The summed E-state index contributed by atoms with van der Waals surface area (Å²) in [6.07, 6.45) is 0.388. The summed E-state index contributed by atoms with van der Waals surface area (Å²) in [6, 6.07) is 7.93. The molecule has 0 saturated carbocycles. The van der Waals surface area contributed by atoms with Crippen molar-refractivity contribution in [3.8, 4) is 11.8 Å². The number of aliphatic hydroxyl groups is 1.